The van der Waals surface area contributed by atoms with Crippen molar-refractivity contribution in [3.05, 3.63) is 28.2 Å². The summed E-state index contributed by atoms with van der Waals surface area (Å²) in [5, 5.41) is 2.83. The molecule has 0 bridgehead atoms. The zero-order chi connectivity index (χ0) is 13.0. The number of benzene rings is 1. The normalized spacial score (nSPS) is 16.2. The third-order valence-corrected chi connectivity index (χ3v) is 3.62. The first kappa shape index (κ1) is 13.7. The highest BCUT2D eigenvalue weighted by atomic mass is 79.9. The molecule has 1 aromatic rings. The van der Waals surface area contributed by atoms with Crippen LogP contribution in [0, 0.1) is 11.6 Å². The van der Waals surface area contributed by atoms with E-state index in [0.717, 1.165) is 26.1 Å². The summed E-state index contributed by atoms with van der Waals surface area (Å²) in [6, 6.07) is 2.54. The Morgan fingerprint density at radius 3 is 2.39 bits per heavy atom. The molecule has 100 valence electrons. The second-order valence-corrected chi connectivity index (χ2v) is 5.49. The minimum Gasteiger partial charge on any atom is -0.380 e. The predicted octanol–water partition coefficient (Wildman–Crippen LogP) is 3.63. The number of hydrogen-bond acceptors (Lipinski definition) is 2. The largest absolute Gasteiger partial charge is 0.380 e. The number of hydrogen-bond donors (Lipinski definition) is 1. The van der Waals surface area contributed by atoms with Crippen LogP contribution in [0.15, 0.2) is 16.6 Å². The van der Waals surface area contributed by atoms with Gasteiger partial charge in [0.1, 0.15) is 17.3 Å². The quantitative estimate of drug-likeness (QED) is 0.834. The number of nitrogens with zero attached hydrogens (tertiary/aromatic N) is 1. The first-order chi connectivity index (χ1) is 8.66. The molecular formula is C13H17BrF2N2. The van der Waals surface area contributed by atoms with E-state index < -0.39 is 11.6 Å². The summed E-state index contributed by atoms with van der Waals surface area (Å²) in [7, 11) is 0. The Morgan fingerprint density at radius 1 is 1.17 bits per heavy atom. The molecule has 0 unspecified atom stereocenters. The summed E-state index contributed by atoms with van der Waals surface area (Å²) in [4.78, 5) is 2.38. The van der Waals surface area contributed by atoms with Gasteiger partial charge >= 0.3 is 0 Å². The fraction of sp³-hybridized carbons (Fsp3) is 0.538. The zero-order valence-corrected chi connectivity index (χ0v) is 11.8. The van der Waals surface area contributed by atoms with E-state index in [2.05, 4.69) is 26.1 Å². The maximum Gasteiger partial charge on any atom is 0.150 e. The summed E-state index contributed by atoms with van der Waals surface area (Å²) < 4.78 is 27.4. The van der Waals surface area contributed by atoms with Gasteiger partial charge in [0.25, 0.3) is 0 Å². The molecule has 0 radical (unpaired) electrons. The lowest BCUT2D eigenvalue weighted by Gasteiger charge is -2.15. The van der Waals surface area contributed by atoms with E-state index in [4.69, 9.17) is 0 Å². The minimum absolute atomic E-state index is 0.0281. The molecule has 1 aliphatic rings. The number of nitrogens with one attached hydrogen (secondary N) is 1. The number of anilines is 1. The molecule has 2 rings (SSSR count). The summed E-state index contributed by atoms with van der Waals surface area (Å²) in [6.45, 7) is 3.89. The molecule has 18 heavy (non-hydrogen) atoms. The lowest BCUT2D eigenvalue weighted by atomic mass is 10.2. The van der Waals surface area contributed by atoms with Gasteiger partial charge in [0.05, 0.1) is 0 Å². The molecule has 5 heteroatoms. The van der Waals surface area contributed by atoms with Gasteiger partial charge in [-0.25, -0.2) is 8.78 Å². The van der Waals surface area contributed by atoms with Crippen LogP contribution in [0.1, 0.15) is 19.3 Å². The van der Waals surface area contributed by atoms with E-state index in [1.165, 1.54) is 25.0 Å². The molecule has 0 spiro atoms. The number of likely N-dealkylation sites (tertiary alicyclic amines) is 1. The first-order valence-electron chi connectivity index (χ1n) is 6.27. The molecule has 1 heterocycles. The lowest BCUT2D eigenvalue weighted by Crippen LogP contribution is -2.22. The molecule has 1 saturated heterocycles. The van der Waals surface area contributed by atoms with Crippen LogP contribution >= 0.6 is 15.9 Å². The Balaban J connectivity index is 1.79. The van der Waals surface area contributed by atoms with Crippen LogP contribution < -0.4 is 5.32 Å². The summed E-state index contributed by atoms with van der Waals surface area (Å²) >= 11 is 3.06. The third-order valence-electron chi connectivity index (χ3n) is 3.16. The lowest BCUT2D eigenvalue weighted by molar-refractivity contribution is 0.337. The smallest absolute Gasteiger partial charge is 0.150 e. The van der Waals surface area contributed by atoms with Gasteiger partial charge in [-0.15, -0.1) is 0 Å². The zero-order valence-electron chi connectivity index (χ0n) is 10.2. The van der Waals surface area contributed by atoms with E-state index in [1.807, 2.05) is 0 Å². The third kappa shape index (κ3) is 3.65. The van der Waals surface area contributed by atoms with Crippen molar-refractivity contribution in [3.63, 3.8) is 0 Å². The Morgan fingerprint density at radius 2 is 1.78 bits per heavy atom. The highest BCUT2D eigenvalue weighted by molar-refractivity contribution is 9.10. The van der Waals surface area contributed by atoms with Gasteiger partial charge < -0.3 is 10.2 Å². The van der Waals surface area contributed by atoms with Gasteiger partial charge in [-0.2, -0.15) is 0 Å². The second-order valence-electron chi connectivity index (χ2n) is 4.57. The van der Waals surface area contributed by atoms with Gasteiger partial charge in [-0.05, 0) is 51.0 Å². The van der Waals surface area contributed by atoms with Gasteiger partial charge in [0, 0.05) is 11.0 Å². The molecule has 0 aromatic heterocycles. The molecule has 1 aromatic carbocycles. The predicted molar refractivity (Wildman–Crippen MR) is 72.8 cm³/mol. The van der Waals surface area contributed by atoms with Gasteiger partial charge in [-0.3, -0.25) is 0 Å². The van der Waals surface area contributed by atoms with E-state index >= 15 is 0 Å². The van der Waals surface area contributed by atoms with Crippen molar-refractivity contribution in [2.24, 2.45) is 0 Å². The van der Waals surface area contributed by atoms with E-state index in [1.54, 1.807) is 0 Å². The van der Waals surface area contributed by atoms with Crippen LogP contribution in [0.2, 0.25) is 0 Å². The molecule has 1 N–H and O–H groups in total. The van der Waals surface area contributed by atoms with Crippen molar-refractivity contribution >= 4 is 21.6 Å². The van der Waals surface area contributed by atoms with Crippen LogP contribution in [0.3, 0.4) is 0 Å². The molecule has 0 aliphatic carbocycles. The van der Waals surface area contributed by atoms with Crippen molar-refractivity contribution in [1.29, 1.82) is 0 Å². The average Bonchev–Trinajstić information content (AvgIpc) is 2.79. The Labute approximate surface area is 114 Å². The van der Waals surface area contributed by atoms with E-state index in [0.29, 0.717) is 11.0 Å². The first-order valence-corrected chi connectivity index (χ1v) is 7.07. The van der Waals surface area contributed by atoms with Crippen molar-refractivity contribution in [3.8, 4) is 0 Å². The van der Waals surface area contributed by atoms with E-state index in [9.17, 15) is 8.78 Å². The molecule has 2 nitrogen and oxygen atoms in total. The van der Waals surface area contributed by atoms with Gasteiger partial charge in [0.15, 0.2) is 0 Å². The van der Waals surface area contributed by atoms with E-state index in [-0.39, 0.29) is 5.69 Å². The highest BCUT2D eigenvalue weighted by Crippen LogP contribution is 2.23. The molecule has 0 saturated carbocycles. The monoisotopic (exact) mass is 318 g/mol. The summed E-state index contributed by atoms with van der Waals surface area (Å²) in [5.74, 6) is -1.11. The van der Waals surface area contributed by atoms with Crippen LogP contribution in [0.5, 0.6) is 0 Å². The summed E-state index contributed by atoms with van der Waals surface area (Å²) in [6.07, 6.45) is 3.43. The fourth-order valence-electron chi connectivity index (χ4n) is 2.23. The van der Waals surface area contributed by atoms with Gasteiger partial charge in [0.2, 0.25) is 0 Å². The van der Waals surface area contributed by atoms with Crippen LogP contribution in [-0.4, -0.2) is 31.1 Å². The maximum atomic E-state index is 13.5. The molecule has 0 amide bonds. The topological polar surface area (TPSA) is 15.3 Å². The Kier molecular flexibility index (Phi) is 4.95. The maximum absolute atomic E-state index is 13.5. The molecule has 1 fully saturated rings. The second kappa shape index (κ2) is 6.48. The van der Waals surface area contributed by atoms with Crippen molar-refractivity contribution < 1.29 is 8.78 Å². The molecule has 1 aliphatic heterocycles. The standard InChI is InChI=1S/C13H17BrF2N2/c14-10-8-11(15)13(12(16)9-10)17-4-3-7-18-5-1-2-6-18/h8-9,17H,1-7H2. The van der Waals surface area contributed by atoms with Crippen LogP contribution in [0.4, 0.5) is 14.5 Å². The minimum atomic E-state index is -0.553. The highest BCUT2D eigenvalue weighted by Gasteiger charge is 2.12. The van der Waals surface area contributed by atoms with Crippen LogP contribution in [0.25, 0.3) is 0 Å². The number of halogens is 3. The fourth-order valence-corrected chi connectivity index (χ4v) is 2.64. The van der Waals surface area contributed by atoms with Crippen LogP contribution in [-0.2, 0) is 0 Å². The van der Waals surface area contributed by atoms with Crippen molar-refractivity contribution in [2.45, 2.75) is 19.3 Å². The van der Waals surface area contributed by atoms with Crippen molar-refractivity contribution in [1.82, 2.24) is 4.90 Å². The SMILES string of the molecule is Fc1cc(Br)cc(F)c1NCCCN1CCCC1. The Bertz CT molecular complexity index is 383. The molecule has 0 atom stereocenters. The Hall–Kier alpha value is -0.680. The number of rotatable bonds is 5. The van der Waals surface area contributed by atoms with Gasteiger partial charge in [-0.1, -0.05) is 15.9 Å². The summed E-state index contributed by atoms with van der Waals surface area (Å²) in [5.41, 5.74) is -0.0281. The van der Waals surface area contributed by atoms with Crippen molar-refractivity contribution in [2.75, 3.05) is 31.5 Å². The molecular weight excluding hydrogens is 302 g/mol. The average molecular weight is 319 g/mol.